The highest BCUT2D eigenvalue weighted by Gasteiger charge is 2.25. The number of hydrogen-bond donors (Lipinski definition) is 1. The third-order valence-corrected chi connectivity index (χ3v) is 2.34. The summed E-state index contributed by atoms with van der Waals surface area (Å²) in [7, 11) is 0. The molecule has 1 saturated heterocycles. The second kappa shape index (κ2) is 5.49. The van der Waals surface area contributed by atoms with Gasteiger partial charge in [0, 0.05) is 13.1 Å². The molecule has 0 bridgehead atoms. The van der Waals surface area contributed by atoms with Crippen molar-refractivity contribution in [2.75, 3.05) is 13.1 Å². The predicted octanol–water partition coefficient (Wildman–Crippen LogP) is 2.23. The minimum Gasteiger partial charge on any atom is -0.444 e. The second-order valence-corrected chi connectivity index (χ2v) is 5.20. The zero-order valence-corrected chi connectivity index (χ0v) is 10.6. The summed E-state index contributed by atoms with van der Waals surface area (Å²) in [6, 6.07) is 0. The summed E-state index contributed by atoms with van der Waals surface area (Å²) in [4.78, 5) is 13.3. The average molecular weight is 245 g/mol. The van der Waals surface area contributed by atoms with E-state index in [1.165, 1.54) is 4.90 Å². The first-order valence-corrected chi connectivity index (χ1v) is 5.77. The number of piperidine rings is 1. The van der Waals surface area contributed by atoms with Crippen molar-refractivity contribution < 1.29 is 19.0 Å². The van der Waals surface area contributed by atoms with E-state index in [0.29, 0.717) is 19.5 Å². The molecule has 1 fully saturated rings. The molecule has 98 valence electrons. The molecule has 0 aromatic heterocycles. The molecule has 1 N–H and O–H groups in total. The van der Waals surface area contributed by atoms with Crippen LogP contribution in [0.5, 0.6) is 0 Å². The molecular formula is C12H20FNO3. The fourth-order valence-corrected chi connectivity index (χ4v) is 1.71. The summed E-state index contributed by atoms with van der Waals surface area (Å²) in [6.45, 7) is 6.34. The van der Waals surface area contributed by atoms with Crippen molar-refractivity contribution in [1.82, 2.24) is 4.90 Å². The molecule has 0 radical (unpaired) electrons. The lowest BCUT2D eigenvalue weighted by Gasteiger charge is -2.31. The minimum atomic E-state index is -1.96. The van der Waals surface area contributed by atoms with Crippen molar-refractivity contribution in [3.8, 4) is 0 Å². The highest BCUT2D eigenvalue weighted by atomic mass is 19.1. The molecule has 0 aromatic rings. The van der Waals surface area contributed by atoms with Gasteiger partial charge in [-0.3, -0.25) is 0 Å². The Hall–Kier alpha value is -1.10. The number of carbonyl (C=O) groups is 1. The van der Waals surface area contributed by atoms with Gasteiger partial charge in [-0.25, -0.2) is 9.18 Å². The van der Waals surface area contributed by atoms with Crippen molar-refractivity contribution in [2.24, 2.45) is 0 Å². The van der Waals surface area contributed by atoms with Gasteiger partial charge in [-0.15, -0.1) is 0 Å². The Morgan fingerprint density at radius 3 is 2.76 bits per heavy atom. The molecule has 5 heteroatoms. The number of ether oxygens (including phenoxy) is 1. The maximum atomic E-state index is 12.4. The van der Waals surface area contributed by atoms with Crippen molar-refractivity contribution >= 4 is 6.09 Å². The molecule has 1 aliphatic heterocycles. The van der Waals surface area contributed by atoms with Crippen LogP contribution in [-0.2, 0) is 4.74 Å². The van der Waals surface area contributed by atoms with Crippen LogP contribution >= 0.6 is 0 Å². The molecule has 0 saturated carbocycles. The fourth-order valence-electron chi connectivity index (χ4n) is 1.71. The first-order chi connectivity index (χ1) is 7.78. The summed E-state index contributed by atoms with van der Waals surface area (Å²) < 4.78 is 17.7. The van der Waals surface area contributed by atoms with Gasteiger partial charge in [0.1, 0.15) is 5.60 Å². The van der Waals surface area contributed by atoms with Crippen LogP contribution in [-0.4, -0.2) is 41.1 Å². The molecule has 0 aliphatic carbocycles. The number of rotatable bonds is 1. The zero-order chi connectivity index (χ0) is 13.1. The van der Waals surface area contributed by atoms with Gasteiger partial charge in [0.2, 0.25) is 6.36 Å². The van der Waals surface area contributed by atoms with Gasteiger partial charge >= 0.3 is 6.09 Å². The number of nitrogens with zero attached hydrogens (tertiary/aromatic N) is 1. The quantitative estimate of drug-likeness (QED) is 0.721. The maximum absolute atomic E-state index is 12.4. The third kappa shape index (κ3) is 5.17. The molecule has 1 rings (SSSR count). The van der Waals surface area contributed by atoms with Gasteiger partial charge in [-0.05, 0) is 45.3 Å². The Morgan fingerprint density at radius 2 is 2.24 bits per heavy atom. The van der Waals surface area contributed by atoms with Crippen LogP contribution in [0.2, 0.25) is 0 Å². The van der Waals surface area contributed by atoms with E-state index in [9.17, 15) is 9.18 Å². The monoisotopic (exact) mass is 245 g/mol. The summed E-state index contributed by atoms with van der Waals surface area (Å²) in [5.41, 5.74) is 0.204. The molecule has 1 heterocycles. The predicted molar refractivity (Wildman–Crippen MR) is 62.2 cm³/mol. The van der Waals surface area contributed by atoms with E-state index in [1.807, 2.05) is 0 Å². The van der Waals surface area contributed by atoms with Crippen molar-refractivity contribution in [3.05, 3.63) is 11.6 Å². The molecule has 1 aliphatic rings. The largest absolute Gasteiger partial charge is 0.444 e. The maximum Gasteiger partial charge on any atom is 0.410 e. The van der Waals surface area contributed by atoms with Crippen molar-refractivity contribution in [1.29, 1.82) is 0 Å². The highest BCUT2D eigenvalue weighted by Crippen LogP contribution is 2.19. The number of amides is 1. The lowest BCUT2D eigenvalue weighted by Crippen LogP contribution is -2.40. The number of aliphatic hydroxyl groups excluding tert-OH is 1. The number of carbonyl (C=O) groups excluding carboxylic acids is 1. The second-order valence-electron chi connectivity index (χ2n) is 5.20. The smallest absolute Gasteiger partial charge is 0.410 e. The number of aliphatic hydroxyl groups is 1. The lowest BCUT2D eigenvalue weighted by atomic mass is 10.0. The van der Waals surface area contributed by atoms with Gasteiger partial charge in [-0.1, -0.05) is 0 Å². The van der Waals surface area contributed by atoms with Crippen LogP contribution in [0, 0.1) is 0 Å². The molecule has 0 aromatic carbocycles. The van der Waals surface area contributed by atoms with E-state index in [4.69, 9.17) is 9.84 Å². The minimum absolute atomic E-state index is 0.329. The lowest BCUT2D eigenvalue weighted by molar-refractivity contribution is 0.0242. The normalized spacial score (nSPS) is 21.5. The zero-order valence-electron chi connectivity index (χ0n) is 10.6. The molecule has 1 amide bonds. The Bertz CT molecular complexity index is 307. The molecule has 1 unspecified atom stereocenters. The molecular weight excluding hydrogens is 225 g/mol. The summed E-state index contributed by atoms with van der Waals surface area (Å²) in [5, 5.41) is 8.64. The van der Waals surface area contributed by atoms with Gasteiger partial charge in [0.05, 0.1) is 0 Å². The molecule has 0 spiro atoms. The van der Waals surface area contributed by atoms with Crippen molar-refractivity contribution in [3.63, 3.8) is 0 Å². The van der Waals surface area contributed by atoms with E-state index >= 15 is 0 Å². The number of likely N-dealkylation sites (tertiary alicyclic amines) is 1. The fraction of sp³-hybridized carbons (Fsp3) is 0.750. The van der Waals surface area contributed by atoms with Crippen LogP contribution in [0.1, 0.15) is 33.6 Å². The molecule has 4 nitrogen and oxygen atoms in total. The van der Waals surface area contributed by atoms with Gasteiger partial charge in [-0.2, -0.15) is 0 Å². The summed E-state index contributed by atoms with van der Waals surface area (Å²) in [6.07, 6.45) is 0.272. The van der Waals surface area contributed by atoms with Crippen LogP contribution in [0.4, 0.5) is 9.18 Å². The van der Waals surface area contributed by atoms with E-state index in [2.05, 4.69) is 0 Å². The standard InChI is InChI=1S/C12H20FNO3/c1-12(2,3)17-11(16)14-6-4-5-9(8-14)7-10(13)15/h7,10,15H,4-6,8H2,1-3H3. The third-order valence-electron chi connectivity index (χ3n) is 2.34. The molecule has 17 heavy (non-hydrogen) atoms. The number of alkyl halides is 1. The topological polar surface area (TPSA) is 49.8 Å². The van der Waals surface area contributed by atoms with E-state index in [0.717, 1.165) is 18.1 Å². The first kappa shape index (κ1) is 14.0. The van der Waals surface area contributed by atoms with Crippen LogP contribution in [0.3, 0.4) is 0 Å². The Balaban J connectivity index is 2.58. The van der Waals surface area contributed by atoms with Gasteiger partial charge < -0.3 is 14.7 Å². The first-order valence-electron chi connectivity index (χ1n) is 5.77. The van der Waals surface area contributed by atoms with Gasteiger partial charge in [0.15, 0.2) is 0 Å². The average Bonchev–Trinajstić information content (AvgIpc) is 2.14. The van der Waals surface area contributed by atoms with Crippen LogP contribution in [0.15, 0.2) is 11.6 Å². The van der Waals surface area contributed by atoms with Crippen LogP contribution < -0.4 is 0 Å². The number of hydrogen-bond acceptors (Lipinski definition) is 3. The van der Waals surface area contributed by atoms with E-state index < -0.39 is 18.1 Å². The Kier molecular flexibility index (Phi) is 4.51. The van der Waals surface area contributed by atoms with Crippen LogP contribution in [0.25, 0.3) is 0 Å². The highest BCUT2D eigenvalue weighted by molar-refractivity contribution is 5.68. The Morgan fingerprint density at radius 1 is 1.59 bits per heavy atom. The van der Waals surface area contributed by atoms with Crippen molar-refractivity contribution in [2.45, 2.75) is 45.6 Å². The van der Waals surface area contributed by atoms with E-state index in [-0.39, 0.29) is 0 Å². The van der Waals surface area contributed by atoms with Gasteiger partial charge in [0.25, 0.3) is 0 Å². The Labute approximate surface area is 101 Å². The SMILES string of the molecule is CC(C)(C)OC(=O)N1CCCC(=CC(O)F)C1. The van der Waals surface area contributed by atoms with E-state index in [1.54, 1.807) is 20.8 Å². The summed E-state index contributed by atoms with van der Waals surface area (Å²) >= 11 is 0. The molecule has 1 atom stereocenters. The number of halogens is 1. The summed E-state index contributed by atoms with van der Waals surface area (Å²) in [5.74, 6) is 0.